The van der Waals surface area contributed by atoms with Crippen molar-refractivity contribution in [2.45, 2.75) is 45.6 Å². The average molecular weight is 220 g/mol. The van der Waals surface area contributed by atoms with Crippen LogP contribution in [0.1, 0.15) is 62.3 Å². The predicted octanol–water partition coefficient (Wildman–Crippen LogP) is 2.89. The monoisotopic (exact) mass is 220 g/mol. The molecular weight excluding hydrogens is 196 g/mol. The molecule has 0 aromatic heterocycles. The topological polar surface area (TPSA) is 52.0 Å². The highest BCUT2D eigenvalue weighted by atomic mass is 14.7. The Morgan fingerprint density at radius 2 is 1.44 bits per heavy atom. The Balaban J connectivity index is 3.34. The first-order valence-corrected chi connectivity index (χ1v) is 6.07. The van der Waals surface area contributed by atoms with Gasteiger partial charge in [0.25, 0.3) is 0 Å². The zero-order valence-electron chi connectivity index (χ0n) is 10.8. The van der Waals surface area contributed by atoms with Crippen LogP contribution in [0, 0.1) is 0 Å². The maximum absolute atomic E-state index is 6.15. The molecule has 0 saturated heterocycles. The van der Waals surface area contributed by atoms with Gasteiger partial charge in [0.15, 0.2) is 0 Å². The number of benzene rings is 1. The molecule has 2 nitrogen and oxygen atoms in total. The van der Waals surface area contributed by atoms with Crippen LogP contribution in [0.25, 0.3) is 0 Å². The van der Waals surface area contributed by atoms with E-state index in [-0.39, 0.29) is 6.04 Å². The molecule has 0 heterocycles. The Kier molecular flexibility index (Phi) is 4.51. The van der Waals surface area contributed by atoms with E-state index in [4.69, 9.17) is 11.5 Å². The molecule has 1 aromatic rings. The van der Waals surface area contributed by atoms with Gasteiger partial charge in [-0.15, -0.1) is 0 Å². The van der Waals surface area contributed by atoms with Crippen LogP contribution in [0.15, 0.2) is 18.2 Å². The van der Waals surface area contributed by atoms with Crippen molar-refractivity contribution in [2.24, 2.45) is 11.5 Å². The molecule has 0 radical (unpaired) electrons. The van der Waals surface area contributed by atoms with Crippen LogP contribution in [0.3, 0.4) is 0 Å². The maximum Gasteiger partial charge on any atom is 0.0425 e. The number of hydrogen-bond donors (Lipinski definition) is 2. The molecule has 1 aromatic carbocycles. The minimum Gasteiger partial charge on any atom is -0.329 e. The molecule has 2 heteroatoms. The molecule has 0 aliphatic rings. The van der Waals surface area contributed by atoms with E-state index in [2.05, 4.69) is 45.9 Å². The molecule has 0 aliphatic heterocycles. The van der Waals surface area contributed by atoms with E-state index in [9.17, 15) is 0 Å². The van der Waals surface area contributed by atoms with E-state index in [1.54, 1.807) is 0 Å². The van der Waals surface area contributed by atoms with Crippen molar-refractivity contribution in [3.05, 3.63) is 34.9 Å². The second kappa shape index (κ2) is 5.46. The van der Waals surface area contributed by atoms with E-state index in [0.29, 0.717) is 18.4 Å². The van der Waals surface area contributed by atoms with Crippen molar-refractivity contribution in [2.75, 3.05) is 6.54 Å². The predicted molar refractivity (Wildman–Crippen MR) is 70.6 cm³/mol. The normalized spacial score (nSPS) is 13.5. The lowest BCUT2D eigenvalue weighted by molar-refractivity contribution is 0.686. The van der Waals surface area contributed by atoms with Gasteiger partial charge in [0.2, 0.25) is 0 Å². The van der Waals surface area contributed by atoms with Gasteiger partial charge in [0, 0.05) is 12.6 Å². The van der Waals surface area contributed by atoms with Crippen LogP contribution >= 0.6 is 0 Å². The van der Waals surface area contributed by atoms with Gasteiger partial charge in [0.1, 0.15) is 0 Å². The van der Waals surface area contributed by atoms with Crippen LogP contribution in [0.2, 0.25) is 0 Å². The van der Waals surface area contributed by atoms with Crippen molar-refractivity contribution < 1.29 is 0 Å². The zero-order valence-corrected chi connectivity index (χ0v) is 10.8. The fraction of sp³-hybridized carbons (Fsp3) is 0.571. The molecule has 0 aliphatic carbocycles. The van der Waals surface area contributed by atoms with E-state index in [1.807, 2.05) is 0 Å². The third-order valence-electron chi connectivity index (χ3n) is 3.04. The number of hydrogen-bond acceptors (Lipinski definition) is 2. The van der Waals surface area contributed by atoms with Crippen LogP contribution in [0.4, 0.5) is 0 Å². The summed E-state index contributed by atoms with van der Waals surface area (Å²) < 4.78 is 0. The third kappa shape index (κ3) is 2.63. The molecule has 4 N–H and O–H groups in total. The Labute approximate surface area is 99.0 Å². The Morgan fingerprint density at radius 1 is 1.00 bits per heavy atom. The zero-order chi connectivity index (χ0) is 12.3. The molecule has 0 saturated carbocycles. The quantitative estimate of drug-likeness (QED) is 0.819. The van der Waals surface area contributed by atoms with Crippen LogP contribution in [-0.2, 0) is 0 Å². The Hall–Kier alpha value is -0.860. The molecule has 0 spiro atoms. The summed E-state index contributed by atoms with van der Waals surface area (Å²) in [7, 11) is 0. The van der Waals surface area contributed by atoms with Gasteiger partial charge in [-0.3, -0.25) is 0 Å². The minimum absolute atomic E-state index is 0.0454. The Bertz CT molecular complexity index is 316. The molecule has 0 bridgehead atoms. The standard InChI is InChI=1S/C14H24N2/c1-9(2)11-6-5-7-12(10(3)4)14(11)13(16)8-15/h5-7,9-10,13H,8,15-16H2,1-4H3/t13-/m1/s1. The fourth-order valence-corrected chi connectivity index (χ4v) is 2.15. The largest absolute Gasteiger partial charge is 0.329 e. The highest BCUT2D eigenvalue weighted by Crippen LogP contribution is 2.30. The molecule has 0 unspecified atom stereocenters. The summed E-state index contributed by atoms with van der Waals surface area (Å²) in [4.78, 5) is 0. The molecule has 90 valence electrons. The van der Waals surface area contributed by atoms with Gasteiger partial charge in [0.05, 0.1) is 0 Å². The lowest BCUT2D eigenvalue weighted by Gasteiger charge is -2.23. The third-order valence-corrected chi connectivity index (χ3v) is 3.04. The highest BCUT2D eigenvalue weighted by molar-refractivity contribution is 5.41. The van der Waals surface area contributed by atoms with Crippen molar-refractivity contribution in [3.63, 3.8) is 0 Å². The molecule has 0 amide bonds. The van der Waals surface area contributed by atoms with Crippen LogP contribution < -0.4 is 11.5 Å². The summed E-state index contributed by atoms with van der Waals surface area (Å²) in [6, 6.07) is 6.41. The molecule has 1 rings (SSSR count). The first-order valence-electron chi connectivity index (χ1n) is 6.07. The van der Waals surface area contributed by atoms with Gasteiger partial charge < -0.3 is 11.5 Å². The summed E-state index contributed by atoms with van der Waals surface area (Å²) in [5.74, 6) is 0.984. The first kappa shape index (κ1) is 13.2. The van der Waals surface area contributed by atoms with Gasteiger partial charge in [-0.05, 0) is 28.5 Å². The summed E-state index contributed by atoms with van der Waals surface area (Å²) in [5, 5.41) is 0. The van der Waals surface area contributed by atoms with E-state index < -0.39 is 0 Å². The Morgan fingerprint density at radius 3 is 1.75 bits per heavy atom. The molecular formula is C14H24N2. The number of nitrogens with two attached hydrogens (primary N) is 2. The summed E-state index contributed by atoms with van der Waals surface area (Å²) in [6.45, 7) is 9.31. The van der Waals surface area contributed by atoms with Crippen LogP contribution in [0.5, 0.6) is 0 Å². The molecule has 0 fully saturated rings. The highest BCUT2D eigenvalue weighted by Gasteiger charge is 2.17. The van der Waals surface area contributed by atoms with E-state index in [0.717, 1.165) is 0 Å². The van der Waals surface area contributed by atoms with Gasteiger partial charge >= 0.3 is 0 Å². The average Bonchev–Trinajstić information content (AvgIpc) is 2.26. The molecule has 16 heavy (non-hydrogen) atoms. The van der Waals surface area contributed by atoms with Crippen molar-refractivity contribution in [3.8, 4) is 0 Å². The van der Waals surface area contributed by atoms with Crippen molar-refractivity contribution >= 4 is 0 Å². The van der Waals surface area contributed by atoms with Crippen molar-refractivity contribution in [1.29, 1.82) is 0 Å². The SMILES string of the molecule is CC(C)c1cccc(C(C)C)c1[C@H](N)CN. The fourth-order valence-electron chi connectivity index (χ4n) is 2.15. The minimum atomic E-state index is -0.0454. The second-order valence-corrected chi connectivity index (χ2v) is 5.00. The lowest BCUT2D eigenvalue weighted by atomic mass is 9.85. The molecule has 1 atom stereocenters. The summed E-state index contributed by atoms with van der Waals surface area (Å²) >= 11 is 0. The van der Waals surface area contributed by atoms with Gasteiger partial charge in [-0.2, -0.15) is 0 Å². The van der Waals surface area contributed by atoms with E-state index in [1.165, 1.54) is 16.7 Å². The lowest BCUT2D eigenvalue weighted by Crippen LogP contribution is -2.24. The van der Waals surface area contributed by atoms with Crippen molar-refractivity contribution in [1.82, 2.24) is 0 Å². The number of rotatable bonds is 4. The summed E-state index contributed by atoms with van der Waals surface area (Å²) in [6.07, 6.45) is 0. The van der Waals surface area contributed by atoms with E-state index >= 15 is 0 Å². The van der Waals surface area contributed by atoms with Gasteiger partial charge in [-0.25, -0.2) is 0 Å². The maximum atomic E-state index is 6.15. The second-order valence-electron chi connectivity index (χ2n) is 5.00. The first-order chi connectivity index (χ1) is 7.49. The van der Waals surface area contributed by atoms with Crippen LogP contribution in [-0.4, -0.2) is 6.54 Å². The smallest absolute Gasteiger partial charge is 0.0425 e. The summed E-state index contributed by atoms with van der Waals surface area (Å²) in [5.41, 5.74) is 15.8. The van der Waals surface area contributed by atoms with Gasteiger partial charge in [-0.1, -0.05) is 45.9 Å².